The summed E-state index contributed by atoms with van der Waals surface area (Å²) in [5.41, 5.74) is 0.947. The van der Waals surface area contributed by atoms with Crippen molar-refractivity contribution < 1.29 is 8.42 Å². The van der Waals surface area contributed by atoms with Crippen LogP contribution in [0, 0.1) is 5.92 Å². The number of anilines is 1. The van der Waals surface area contributed by atoms with Crippen molar-refractivity contribution in [1.82, 2.24) is 4.90 Å². The summed E-state index contributed by atoms with van der Waals surface area (Å²) in [7, 11) is -3.59. The highest BCUT2D eigenvalue weighted by atomic mass is 32.2. The Balaban J connectivity index is 1.51. The van der Waals surface area contributed by atoms with Gasteiger partial charge in [-0.3, -0.25) is 0 Å². The smallest absolute Gasteiger partial charge is 0.238 e. The Bertz CT molecular complexity index is 567. The number of rotatable bonds is 5. The van der Waals surface area contributed by atoms with Crippen LogP contribution in [0.5, 0.6) is 0 Å². The lowest BCUT2D eigenvalue weighted by atomic mass is 10.1. The predicted molar refractivity (Wildman–Crippen MR) is 79.0 cm³/mol. The standard InChI is InChI=1S/C14H21N3O2S/c15-20(18,19)14-5-1-12(2-6-14)16-9-11-7-8-17(10-11)13-3-4-13/h1-2,5-6,11,13,16H,3-4,7-10H2,(H2,15,18,19). The molecule has 0 spiro atoms. The van der Waals surface area contributed by atoms with E-state index in [-0.39, 0.29) is 4.90 Å². The van der Waals surface area contributed by atoms with Gasteiger partial charge in [0.25, 0.3) is 0 Å². The highest BCUT2D eigenvalue weighted by molar-refractivity contribution is 7.89. The molecule has 1 unspecified atom stereocenters. The van der Waals surface area contributed by atoms with Gasteiger partial charge in [0.15, 0.2) is 0 Å². The number of sulfonamides is 1. The molecular weight excluding hydrogens is 274 g/mol. The number of likely N-dealkylation sites (tertiary alicyclic amines) is 1. The molecule has 3 rings (SSSR count). The van der Waals surface area contributed by atoms with Crippen LogP contribution in [0.4, 0.5) is 5.69 Å². The van der Waals surface area contributed by atoms with Crippen LogP contribution in [0.2, 0.25) is 0 Å². The second-order valence-corrected chi connectivity index (χ2v) is 7.39. The van der Waals surface area contributed by atoms with E-state index < -0.39 is 10.0 Å². The molecule has 0 bridgehead atoms. The van der Waals surface area contributed by atoms with Crippen LogP contribution in [-0.2, 0) is 10.0 Å². The molecule has 2 aliphatic rings. The van der Waals surface area contributed by atoms with Crippen molar-refractivity contribution in [3.63, 3.8) is 0 Å². The first kappa shape index (κ1) is 13.9. The van der Waals surface area contributed by atoms with Gasteiger partial charge in [0.1, 0.15) is 0 Å². The van der Waals surface area contributed by atoms with Gasteiger partial charge in [-0.2, -0.15) is 0 Å². The van der Waals surface area contributed by atoms with Crippen molar-refractivity contribution in [2.24, 2.45) is 11.1 Å². The molecule has 1 heterocycles. The second-order valence-electron chi connectivity index (χ2n) is 5.83. The maximum Gasteiger partial charge on any atom is 0.238 e. The first-order valence-corrected chi connectivity index (χ1v) is 8.68. The maximum absolute atomic E-state index is 11.2. The molecule has 1 saturated carbocycles. The zero-order chi connectivity index (χ0) is 14.2. The van der Waals surface area contributed by atoms with Crippen molar-refractivity contribution in [2.45, 2.75) is 30.2 Å². The largest absolute Gasteiger partial charge is 0.385 e. The minimum Gasteiger partial charge on any atom is -0.385 e. The van der Waals surface area contributed by atoms with E-state index in [1.54, 1.807) is 24.3 Å². The van der Waals surface area contributed by atoms with E-state index in [0.29, 0.717) is 5.92 Å². The van der Waals surface area contributed by atoms with E-state index in [9.17, 15) is 8.42 Å². The highest BCUT2D eigenvalue weighted by Crippen LogP contribution is 2.31. The van der Waals surface area contributed by atoms with Gasteiger partial charge in [-0.25, -0.2) is 13.6 Å². The molecule has 1 saturated heterocycles. The summed E-state index contributed by atoms with van der Waals surface area (Å²) in [5.74, 6) is 0.688. The third-order valence-corrected chi connectivity index (χ3v) is 5.09. The van der Waals surface area contributed by atoms with Crippen molar-refractivity contribution >= 4 is 15.7 Å². The zero-order valence-electron chi connectivity index (χ0n) is 11.5. The Kier molecular flexibility index (Phi) is 3.70. The van der Waals surface area contributed by atoms with Crippen LogP contribution < -0.4 is 10.5 Å². The summed E-state index contributed by atoms with van der Waals surface area (Å²) in [6.45, 7) is 3.35. The fourth-order valence-corrected chi connectivity index (χ4v) is 3.34. The summed E-state index contributed by atoms with van der Waals surface area (Å²) in [6.07, 6.45) is 3.99. The van der Waals surface area contributed by atoms with E-state index >= 15 is 0 Å². The van der Waals surface area contributed by atoms with Gasteiger partial charge < -0.3 is 10.2 Å². The number of nitrogens with one attached hydrogen (secondary N) is 1. The average Bonchev–Trinajstić information content (AvgIpc) is 3.15. The van der Waals surface area contributed by atoms with Crippen molar-refractivity contribution in [1.29, 1.82) is 0 Å². The van der Waals surface area contributed by atoms with Crippen LogP contribution in [0.15, 0.2) is 29.2 Å². The fourth-order valence-electron chi connectivity index (χ4n) is 2.83. The molecule has 0 radical (unpaired) electrons. The van der Waals surface area contributed by atoms with Gasteiger partial charge >= 0.3 is 0 Å². The molecule has 1 aromatic carbocycles. The molecule has 1 aromatic rings. The number of primary sulfonamides is 1. The quantitative estimate of drug-likeness (QED) is 0.857. The molecule has 0 amide bonds. The van der Waals surface area contributed by atoms with E-state index in [0.717, 1.165) is 18.3 Å². The molecule has 5 nitrogen and oxygen atoms in total. The monoisotopic (exact) mass is 295 g/mol. The highest BCUT2D eigenvalue weighted by Gasteiger charge is 2.34. The number of hydrogen-bond donors (Lipinski definition) is 2. The van der Waals surface area contributed by atoms with E-state index in [2.05, 4.69) is 10.2 Å². The molecule has 1 atom stereocenters. The number of benzene rings is 1. The normalized spacial score (nSPS) is 23.9. The first-order valence-electron chi connectivity index (χ1n) is 7.13. The summed E-state index contributed by atoms with van der Waals surface area (Å²) in [5, 5.41) is 8.46. The van der Waals surface area contributed by atoms with Crippen molar-refractivity contribution in [3.8, 4) is 0 Å². The summed E-state index contributed by atoms with van der Waals surface area (Å²) < 4.78 is 22.3. The molecule has 20 heavy (non-hydrogen) atoms. The first-order chi connectivity index (χ1) is 9.52. The molecule has 1 aliphatic carbocycles. The lowest BCUT2D eigenvalue weighted by Gasteiger charge is -2.15. The summed E-state index contributed by atoms with van der Waals surface area (Å²) in [6, 6.07) is 7.49. The van der Waals surface area contributed by atoms with Crippen molar-refractivity contribution in [2.75, 3.05) is 25.0 Å². The average molecular weight is 295 g/mol. The van der Waals surface area contributed by atoms with Gasteiger partial charge in [-0.15, -0.1) is 0 Å². The molecule has 0 aromatic heterocycles. The van der Waals surface area contributed by atoms with E-state index in [1.165, 1.54) is 32.4 Å². The van der Waals surface area contributed by atoms with E-state index in [4.69, 9.17) is 5.14 Å². The molecule has 3 N–H and O–H groups in total. The van der Waals surface area contributed by atoms with Crippen LogP contribution in [-0.4, -0.2) is 39.0 Å². The molecular formula is C14H21N3O2S. The number of nitrogens with zero attached hydrogens (tertiary/aromatic N) is 1. The predicted octanol–water partition coefficient (Wildman–Crippen LogP) is 1.23. The third kappa shape index (κ3) is 3.31. The Morgan fingerprint density at radius 1 is 1.20 bits per heavy atom. The Hall–Kier alpha value is -1.11. The Labute approximate surface area is 120 Å². The Morgan fingerprint density at radius 3 is 2.50 bits per heavy atom. The minimum atomic E-state index is -3.59. The van der Waals surface area contributed by atoms with Gasteiger partial charge in [0.05, 0.1) is 4.90 Å². The lowest BCUT2D eigenvalue weighted by molar-refractivity contribution is 0.316. The van der Waals surface area contributed by atoms with E-state index in [1.807, 2.05) is 0 Å². The van der Waals surface area contributed by atoms with Gasteiger partial charge in [-0.1, -0.05) is 0 Å². The second kappa shape index (κ2) is 5.35. The molecule has 6 heteroatoms. The third-order valence-electron chi connectivity index (χ3n) is 4.16. The van der Waals surface area contributed by atoms with Crippen LogP contribution in [0.3, 0.4) is 0 Å². The number of nitrogens with two attached hydrogens (primary N) is 1. The van der Waals surface area contributed by atoms with Gasteiger partial charge in [0, 0.05) is 24.8 Å². The summed E-state index contributed by atoms with van der Waals surface area (Å²) in [4.78, 5) is 2.75. The Morgan fingerprint density at radius 2 is 1.90 bits per heavy atom. The maximum atomic E-state index is 11.2. The fraction of sp³-hybridized carbons (Fsp3) is 0.571. The molecule has 1 aliphatic heterocycles. The topological polar surface area (TPSA) is 75.4 Å². The van der Waals surface area contributed by atoms with Crippen LogP contribution >= 0.6 is 0 Å². The van der Waals surface area contributed by atoms with Gasteiger partial charge in [0.2, 0.25) is 10.0 Å². The molecule has 110 valence electrons. The zero-order valence-corrected chi connectivity index (χ0v) is 12.3. The molecule has 2 fully saturated rings. The minimum absolute atomic E-state index is 0.156. The van der Waals surface area contributed by atoms with Gasteiger partial charge in [-0.05, 0) is 56.0 Å². The van der Waals surface area contributed by atoms with Crippen molar-refractivity contribution in [3.05, 3.63) is 24.3 Å². The SMILES string of the molecule is NS(=O)(=O)c1ccc(NCC2CCN(C3CC3)C2)cc1. The summed E-state index contributed by atoms with van der Waals surface area (Å²) >= 11 is 0. The number of hydrogen-bond acceptors (Lipinski definition) is 4. The van der Waals surface area contributed by atoms with Crippen LogP contribution in [0.25, 0.3) is 0 Å². The van der Waals surface area contributed by atoms with Crippen LogP contribution in [0.1, 0.15) is 19.3 Å². The lowest BCUT2D eigenvalue weighted by Crippen LogP contribution is -2.24.